The van der Waals surface area contributed by atoms with Crippen molar-refractivity contribution in [3.63, 3.8) is 0 Å². The van der Waals surface area contributed by atoms with Gasteiger partial charge in [-0.05, 0) is 42.0 Å². The minimum absolute atomic E-state index is 0.0501. The lowest BCUT2D eigenvalue weighted by Gasteiger charge is -2.13. The summed E-state index contributed by atoms with van der Waals surface area (Å²) in [5.41, 5.74) is 1.40. The number of hydrogen-bond donors (Lipinski definition) is 3. The SMILES string of the molecule is COc1ccc(C(O)CNC(=O)c2ccc(NS(C)(=O)=O)cc2)cc1. The number of benzene rings is 2. The Bertz CT molecular complexity index is 817. The van der Waals surface area contributed by atoms with Crippen LogP contribution in [-0.4, -0.2) is 39.3 Å². The van der Waals surface area contributed by atoms with Crippen molar-refractivity contribution in [2.24, 2.45) is 0 Å². The highest BCUT2D eigenvalue weighted by Gasteiger charge is 2.11. The monoisotopic (exact) mass is 364 g/mol. The van der Waals surface area contributed by atoms with Crippen molar-refractivity contribution in [3.05, 3.63) is 59.7 Å². The van der Waals surface area contributed by atoms with Gasteiger partial charge >= 0.3 is 0 Å². The number of carbonyl (C=O) groups is 1. The van der Waals surface area contributed by atoms with Gasteiger partial charge in [0.25, 0.3) is 5.91 Å². The summed E-state index contributed by atoms with van der Waals surface area (Å²) >= 11 is 0. The van der Waals surface area contributed by atoms with Crippen LogP contribution < -0.4 is 14.8 Å². The summed E-state index contributed by atoms with van der Waals surface area (Å²) in [6, 6.07) is 12.9. The predicted octanol–water partition coefficient (Wildman–Crippen LogP) is 1.53. The average molecular weight is 364 g/mol. The molecule has 0 saturated carbocycles. The van der Waals surface area contributed by atoms with Gasteiger partial charge in [0.05, 0.1) is 19.5 Å². The quantitative estimate of drug-likeness (QED) is 0.691. The second-order valence-corrected chi connectivity index (χ2v) is 7.20. The third kappa shape index (κ3) is 5.77. The first-order valence-corrected chi connectivity index (χ1v) is 9.36. The van der Waals surface area contributed by atoms with E-state index in [0.29, 0.717) is 22.6 Å². The van der Waals surface area contributed by atoms with Crippen molar-refractivity contribution < 1.29 is 23.1 Å². The number of rotatable bonds is 7. The Morgan fingerprint density at radius 1 is 1.12 bits per heavy atom. The maximum absolute atomic E-state index is 12.1. The Kier molecular flexibility index (Phi) is 6.00. The molecule has 0 radical (unpaired) electrons. The highest BCUT2D eigenvalue weighted by atomic mass is 32.2. The van der Waals surface area contributed by atoms with Crippen LogP contribution in [0.1, 0.15) is 22.0 Å². The van der Waals surface area contributed by atoms with E-state index in [1.54, 1.807) is 31.4 Å². The Morgan fingerprint density at radius 2 is 1.72 bits per heavy atom. The lowest BCUT2D eigenvalue weighted by molar-refractivity contribution is 0.0916. The van der Waals surface area contributed by atoms with Crippen LogP contribution in [0.25, 0.3) is 0 Å². The van der Waals surface area contributed by atoms with Gasteiger partial charge < -0.3 is 15.2 Å². The van der Waals surface area contributed by atoms with E-state index in [4.69, 9.17) is 4.74 Å². The van der Waals surface area contributed by atoms with E-state index in [1.807, 2.05) is 0 Å². The van der Waals surface area contributed by atoms with E-state index in [-0.39, 0.29) is 12.5 Å². The van der Waals surface area contributed by atoms with Crippen LogP contribution >= 0.6 is 0 Å². The molecule has 7 nitrogen and oxygen atoms in total. The van der Waals surface area contributed by atoms with Gasteiger partial charge in [0, 0.05) is 17.8 Å². The minimum Gasteiger partial charge on any atom is -0.497 e. The maximum atomic E-state index is 12.1. The molecule has 0 spiro atoms. The molecule has 3 N–H and O–H groups in total. The minimum atomic E-state index is -3.36. The number of hydrogen-bond acceptors (Lipinski definition) is 5. The molecule has 0 saturated heterocycles. The molecule has 1 atom stereocenters. The molecule has 134 valence electrons. The van der Waals surface area contributed by atoms with Gasteiger partial charge in [-0.2, -0.15) is 0 Å². The molecule has 1 unspecified atom stereocenters. The fourth-order valence-electron chi connectivity index (χ4n) is 2.14. The third-order valence-corrected chi connectivity index (χ3v) is 4.01. The standard InChI is InChI=1S/C17H20N2O5S/c1-24-15-9-5-12(6-10-15)16(20)11-18-17(21)13-3-7-14(8-4-13)19-25(2,22)23/h3-10,16,19-20H,11H2,1-2H3,(H,18,21). The number of aliphatic hydroxyl groups excluding tert-OH is 1. The fraction of sp³-hybridized carbons (Fsp3) is 0.235. The molecule has 0 bridgehead atoms. The summed E-state index contributed by atoms with van der Waals surface area (Å²) in [6.07, 6.45) is 0.204. The van der Waals surface area contributed by atoms with E-state index in [0.717, 1.165) is 6.26 Å². The van der Waals surface area contributed by atoms with Crippen LogP contribution in [0, 0.1) is 0 Å². The summed E-state index contributed by atoms with van der Waals surface area (Å²) < 4.78 is 29.7. The molecule has 2 aromatic carbocycles. The molecule has 8 heteroatoms. The first-order valence-electron chi connectivity index (χ1n) is 7.46. The zero-order chi connectivity index (χ0) is 18.4. The summed E-state index contributed by atoms with van der Waals surface area (Å²) in [4.78, 5) is 12.1. The number of anilines is 1. The largest absolute Gasteiger partial charge is 0.497 e. The zero-order valence-electron chi connectivity index (χ0n) is 13.9. The van der Waals surface area contributed by atoms with Crippen molar-refractivity contribution in [2.45, 2.75) is 6.10 Å². The molecule has 25 heavy (non-hydrogen) atoms. The van der Waals surface area contributed by atoms with Crippen LogP contribution in [0.4, 0.5) is 5.69 Å². The number of ether oxygens (including phenoxy) is 1. The molecule has 0 aliphatic carbocycles. The molecule has 0 aliphatic rings. The van der Waals surface area contributed by atoms with Crippen LogP contribution in [0.2, 0.25) is 0 Å². The third-order valence-electron chi connectivity index (χ3n) is 3.41. The first-order chi connectivity index (χ1) is 11.8. The van der Waals surface area contributed by atoms with E-state index in [9.17, 15) is 18.3 Å². The summed E-state index contributed by atoms with van der Waals surface area (Å²) in [5.74, 6) is 0.321. The van der Waals surface area contributed by atoms with Gasteiger partial charge in [0.15, 0.2) is 0 Å². The van der Waals surface area contributed by atoms with E-state index >= 15 is 0 Å². The van der Waals surface area contributed by atoms with Gasteiger partial charge in [-0.3, -0.25) is 9.52 Å². The molecule has 2 rings (SSSR count). The van der Waals surface area contributed by atoms with E-state index < -0.39 is 16.1 Å². The molecule has 0 aromatic heterocycles. The molecule has 0 fully saturated rings. The second kappa shape index (κ2) is 8.00. The highest BCUT2D eigenvalue weighted by Crippen LogP contribution is 2.17. The van der Waals surface area contributed by atoms with Gasteiger partial charge in [0.1, 0.15) is 5.75 Å². The number of nitrogens with one attached hydrogen (secondary N) is 2. The smallest absolute Gasteiger partial charge is 0.251 e. The average Bonchev–Trinajstić information content (AvgIpc) is 2.58. The Morgan fingerprint density at radius 3 is 2.24 bits per heavy atom. The summed E-state index contributed by atoms with van der Waals surface area (Å²) in [7, 11) is -1.80. The van der Waals surface area contributed by atoms with Crippen LogP contribution in [0.5, 0.6) is 5.75 Å². The van der Waals surface area contributed by atoms with Gasteiger partial charge in [-0.1, -0.05) is 12.1 Å². The Labute approximate surface area is 146 Å². The molecule has 0 heterocycles. The number of methoxy groups -OCH3 is 1. The topological polar surface area (TPSA) is 105 Å². The lowest BCUT2D eigenvalue weighted by Crippen LogP contribution is -2.28. The van der Waals surface area contributed by atoms with Gasteiger partial charge in [-0.25, -0.2) is 8.42 Å². The first kappa shape index (κ1) is 18.8. The van der Waals surface area contributed by atoms with E-state index in [1.165, 1.54) is 24.3 Å². The van der Waals surface area contributed by atoms with E-state index in [2.05, 4.69) is 10.0 Å². The Balaban J connectivity index is 1.92. The molecular formula is C17H20N2O5S. The summed E-state index contributed by atoms with van der Waals surface area (Å²) in [6.45, 7) is 0.0501. The van der Waals surface area contributed by atoms with Crippen molar-refractivity contribution in [3.8, 4) is 5.75 Å². The highest BCUT2D eigenvalue weighted by molar-refractivity contribution is 7.92. The molecule has 1 amide bonds. The number of amides is 1. The van der Waals surface area contributed by atoms with Crippen LogP contribution in [-0.2, 0) is 10.0 Å². The number of carbonyl (C=O) groups excluding carboxylic acids is 1. The fourth-order valence-corrected chi connectivity index (χ4v) is 2.70. The Hall–Kier alpha value is -2.58. The molecule has 0 aliphatic heterocycles. The lowest BCUT2D eigenvalue weighted by atomic mass is 10.1. The number of aliphatic hydroxyl groups is 1. The normalized spacial score (nSPS) is 12.3. The van der Waals surface area contributed by atoms with Crippen molar-refractivity contribution in [1.82, 2.24) is 5.32 Å². The zero-order valence-corrected chi connectivity index (χ0v) is 14.7. The van der Waals surface area contributed by atoms with Crippen LogP contribution in [0.3, 0.4) is 0 Å². The predicted molar refractivity (Wildman–Crippen MR) is 95.2 cm³/mol. The van der Waals surface area contributed by atoms with Crippen molar-refractivity contribution in [2.75, 3.05) is 24.6 Å². The van der Waals surface area contributed by atoms with Crippen molar-refractivity contribution >= 4 is 21.6 Å². The maximum Gasteiger partial charge on any atom is 0.251 e. The van der Waals surface area contributed by atoms with Crippen molar-refractivity contribution in [1.29, 1.82) is 0 Å². The summed E-state index contributed by atoms with van der Waals surface area (Å²) in [5, 5.41) is 12.8. The molecule has 2 aromatic rings. The molecular weight excluding hydrogens is 344 g/mol. The number of sulfonamides is 1. The second-order valence-electron chi connectivity index (χ2n) is 5.45. The van der Waals surface area contributed by atoms with Crippen LogP contribution in [0.15, 0.2) is 48.5 Å². The van der Waals surface area contributed by atoms with Gasteiger partial charge in [-0.15, -0.1) is 0 Å². The van der Waals surface area contributed by atoms with Gasteiger partial charge in [0.2, 0.25) is 10.0 Å².